The van der Waals surface area contributed by atoms with Gasteiger partial charge >= 0.3 is 5.97 Å². The number of hydrogen-bond acceptors (Lipinski definition) is 7. The van der Waals surface area contributed by atoms with E-state index < -0.39 is 0 Å². The normalized spacial score (nSPS) is 14.4. The molecule has 120 valence electrons. The lowest BCUT2D eigenvalue weighted by atomic mass is 10.1. The van der Waals surface area contributed by atoms with Crippen molar-refractivity contribution in [3.8, 4) is 0 Å². The van der Waals surface area contributed by atoms with Crippen LogP contribution in [0.3, 0.4) is 0 Å². The molecule has 0 saturated heterocycles. The van der Waals surface area contributed by atoms with Crippen LogP contribution < -0.4 is 0 Å². The Bertz CT molecular complexity index is 804. The smallest absolute Gasteiger partial charge is 0.340 e. The number of aromatic nitrogens is 3. The Kier molecular flexibility index (Phi) is 4.63. The summed E-state index contributed by atoms with van der Waals surface area (Å²) in [5.74, 6) is 0.902. The summed E-state index contributed by atoms with van der Waals surface area (Å²) in [5, 5.41) is 13.3. The SMILES string of the molecule is CCOC(=O)C(=Cc1ccc(C)s1)C1=Nn2c(C)nnc2SC1. The first-order valence-corrected chi connectivity index (χ1v) is 8.97. The number of fused-ring (bicyclic) bond motifs is 1. The summed E-state index contributed by atoms with van der Waals surface area (Å²) >= 11 is 3.14. The highest BCUT2D eigenvalue weighted by molar-refractivity contribution is 7.99. The Morgan fingerprint density at radius 3 is 2.91 bits per heavy atom. The second kappa shape index (κ2) is 6.67. The fraction of sp³-hybridized carbons (Fsp3) is 0.333. The molecule has 6 nitrogen and oxygen atoms in total. The molecule has 0 N–H and O–H groups in total. The fourth-order valence-electron chi connectivity index (χ4n) is 2.10. The third-order valence-electron chi connectivity index (χ3n) is 3.18. The topological polar surface area (TPSA) is 69.4 Å². The standard InChI is InChI=1S/C15H16N4O2S2/c1-4-21-14(20)12(7-11-6-5-9(2)23-11)13-8-22-15-17-16-10(3)19(15)18-13/h5-7H,4,8H2,1-3H3. The molecule has 0 spiro atoms. The van der Waals surface area contributed by atoms with Crippen molar-refractivity contribution >= 4 is 40.9 Å². The van der Waals surface area contributed by atoms with Gasteiger partial charge in [-0.3, -0.25) is 0 Å². The maximum Gasteiger partial charge on any atom is 0.340 e. The first kappa shape index (κ1) is 15.9. The first-order chi connectivity index (χ1) is 11.1. The average Bonchev–Trinajstić information content (AvgIpc) is 3.11. The lowest BCUT2D eigenvalue weighted by Gasteiger charge is -2.14. The van der Waals surface area contributed by atoms with Crippen molar-refractivity contribution in [2.24, 2.45) is 5.10 Å². The molecular weight excluding hydrogens is 332 g/mol. The van der Waals surface area contributed by atoms with E-state index >= 15 is 0 Å². The molecule has 0 amide bonds. The van der Waals surface area contributed by atoms with Gasteiger partial charge in [-0.15, -0.1) is 21.5 Å². The lowest BCUT2D eigenvalue weighted by molar-refractivity contribution is -0.137. The van der Waals surface area contributed by atoms with E-state index in [1.807, 2.05) is 32.1 Å². The van der Waals surface area contributed by atoms with Crippen molar-refractivity contribution in [3.05, 3.63) is 33.3 Å². The van der Waals surface area contributed by atoms with Crippen molar-refractivity contribution < 1.29 is 9.53 Å². The number of hydrogen-bond donors (Lipinski definition) is 0. The summed E-state index contributed by atoms with van der Waals surface area (Å²) in [6.45, 7) is 5.99. The molecule has 23 heavy (non-hydrogen) atoms. The number of esters is 1. The second-order valence-electron chi connectivity index (χ2n) is 4.90. The van der Waals surface area contributed by atoms with E-state index in [-0.39, 0.29) is 5.97 Å². The van der Waals surface area contributed by atoms with Crippen LogP contribution >= 0.6 is 23.1 Å². The van der Waals surface area contributed by atoms with Crippen LogP contribution in [0, 0.1) is 13.8 Å². The molecule has 0 unspecified atom stereocenters. The summed E-state index contributed by atoms with van der Waals surface area (Å²) < 4.78 is 6.87. The zero-order valence-corrected chi connectivity index (χ0v) is 14.7. The van der Waals surface area contributed by atoms with Gasteiger partial charge in [-0.25, -0.2) is 4.79 Å². The first-order valence-electron chi connectivity index (χ1n) is 7.16. The van der Waals surface area contributed by atoms with Crippen LogP contribution in [0.1, 0.15) is 22.5 Å². The summed E-state index contributed by atoms with van der Waals surface area (Å²) in [6, 6.07) is 4.02. The van der Waals surface area contributed by atoms with Crippen molar-refractivity contribution in [2.45, 2.75) is 25.9 Å². The van der Waals surface area contributed by atoms with Gasteiger partial charge in [-0.1, -0.05) is 11.8 Å². The zero-order chi connectivity index (χ0) is 16.4. The van der Waals surface area contributed by atoms with Gasteiger partial charge in [-0.2, -0.15) is 9.78 Å². The van der Waals surface area contributed by atoms with Gasteiger partial charge in [0.05, 0.1) is 17.9 Å². The van der Waals surface area contributed by atoms with E-state index in [1.54, 1.807) is 22.9 Å². The number of carbonyl (C=O) groups is 1. The average molecular weight is 348 g/mol. The monoisotopic (exact) mass is 348 g/mol. The van der Waals surface area contributed by atoms with Crippen molar-refractivity contribution in [1.29, 1.82) is 0 Å². The maximum atomic E-state index is 12.4. The van der Waals surface area contributed by atoms with E-state index in [4.69, 9.17) is 4.74 Å². The largest absolute Gasteiger partial charge is 0.462 e. The molecule has 0 aromatic carbocycles. The summed E-state index contributed by atoms with van der Waals surface area (Å²) in [6.07, 6.45) is 1.85. The van der Waals surface area contributed by atoms with Crippen molar-refractivity contribution in [3.63, 3.8) is 0 Å². The van der Waals surface area contributed by atoms with Crippen LogP contribution in [0.15, 0.2) is 28.0 Å². The summed E-state index contributed by atoms with van der Waals surface area (Å²) in [4.78, 5) is 14.6. The van der Waals surface area contributed by atoms with Gasteiger partial charge in [-0.05, 0) is 39.0 Å². The second-order valence-corrected chi connectivity index (χ2v) is 7.17. The molecule has 0 aliphatic carbocycles. The molecule has 3 rings (SSSR count). The molecule has 0 saturated carbocycles. The van der Waals surface area contributed by atoms with Gasteiger partial charge < -0.3 is 4.74 Å². The number of rotatable bonds is 4. The Balaban J connectivity index is 2.02. The van der Waals surface area contributed by atoms with Gasteiger partial charge in [0.25, 0.3) is 0 Å². The van der Waals surface area contributed by atoms with Gasteiger partial charge in [0.2, 0.25) is 5.16 Å². The molecule has 0 radical (unpaired) electrons. The number of thioether (sulfide) groups is 1. The maximum absolute atomic E-state index is 12.4. The zero-order valence-electron chi connectivity index (χ0n) is 13.1. The fourth-order valence-corrected chi connectivity index (χ4v) is 3.79. The van der Waals surface area contributed by atoms with Crippen LogP contribution in [0.4, 0.5) is 0 Å². The highest BCUT2D eigenvalue weighted by Gasteiger charge is 2.24. The highest BCUT2D eigenvalue weighted by Crippen LogP contribution is 2.26. The van der Waals surface area contributed by atoms with E-state index in [1.165, 1.54) is 16.6 Å². The third-order valence-corrected chi connectivity index (χ3v) is 5.06. The Morgan fingerprint density at radius 1 is 1.39 bits per heavy atom. The van der Waals surface area contributed by atoms with Gasteiger partial charge in [0.15, 0.2) is 5.82 Å². The molecular formula is C15H16N4O2S2. The minimum Gasteiger partial charge on any atom is -0.462 e. The van der Waals surface area contributed by atoms with Gasteiger partial charge in [0.1, 0.15) is 0 Å². The molecule has 1 aliphatic heterocycles. The highest BCUT2D eigenvalue weighted by atomic mass is 32.2. The molecule has 8 heteroatoms. The van der Waals surface area contributed by atoms with Crippen LogP contribution in [0.2, 0.25) is 0 Å². The third kappa shape index (κ3) is 3.37. The van der Waals surface area contributed by atoms with E-state index in [0.717, 1.165) is 10.0 Å². The molecule has 1 aliphatic rings. The van der Waals surface area contributed by atoms with Crippen LogP contribution in [-0.2, 0) is 9.53 Å². The predicted octanol–water partition coefficient (Wildman–Crippen LogP) is 2.91. The van der Waals surface area contributed by atoms with Crippen LogP contribution in [0.25, 0.3) is 6.08 Å². The van der Waals surface area contributed by atoms with Crippen molar-refractivity contribution in [2.75, 3.05) is 12.4 Å². The lowest BCUT2D eigenvalue weighted by Crippen LogP contribution is -2.21. The predicted molar refractivity (Wildman–Crippen MR) is 92.0 cm³/mol. The number of aryl methyl sites for hydroxylation is 2. The number of carbonyl (C=O) groups excluding carboxylic acids is 1. The van der Waals surface area contributed by atoms with E-state index in [9.17, 15) is 4.79 Å². The molecule has 2 aromatic heterocycles. The van der Waals surface area contributed by atoms with Gasteiger partial charge in [0, 0.05) is 15.5 Å². The van der Waals surface area contributed by atoms with E-state index in [2.05, 4.69) is 15.3 Å². The quantitative estimate of drug-likeness (QED) is 0.628. The summed E-state index contributed by atoms with van der Waals surface area (Å²) in [5.41, 5.74) is 1.16. The van der Waals surface area contributed by atoms with Crippen molar-refractivity contribution in [1.82, 2.24) is 14.9 Å². The Labute approximate surface area is 142 Å². The Morgan fingerprint density at radius 2 is 2.22 bits per heavy atom. The number of ether oxygens (including phenoxy) is 1. The number of nitrogens with zero attached hydrogens (tertiary/aromatic N) is 4. The molecule has 0 fully saturated rings. The van der Waals surface area contributed by atoms with E-state index in [0.29, 0.717) is 29.5 Å². The summed E-state index contributed by atoms with van der Waals surface area (Å²) in [7, 11) is 0. The molecule has 0 bridgehead atoms. The molecule has 2 aromatic rings. The van der Waals surface area contributed by atoms with Crippen LogP contribution in [0.5, 0.6) is 0 Å². The minimum absolute atomic E-state index is 0.330. The molecule has 0 atom stereocenters. The number of thiophene rings is 1. The minimum atomic E-state index is -0.355. The molecule has 3 heterocycles. The van der Waals surface area contributed by atoms with Crippen LogP contribution in [-0.4, -0.2) is 38.9 Å². The Hall–Kier alpha value is -1.93.